The number of ether oxygens (including phenoxy) is 1. The van der Waals surface area contributed by atoms with Crippen molar-refractivity contribution in [2.75, 3.05) is 26.5 Å². The van der Waals surface area contributed by atoms with Crippen molar-refractivity contribution in [1.29, 1.82) is 0 Å². The van der Waals surface area contributed by atoms with Gasteiger partial charge in [-0.05, 0) is 19.4 Å². The van der Waals surface area contributed by atoms with E-state index in [0.717, 1.165) is 26.0 Å². The van der Waals surface area contributed by atoms with Gasteiger partial charge >= 0.3 is 0 Å². The maximum Gasteiger partial charge on any atom is 0.0615 e. The standard InChI is InChI=1S/C10H23NO2S/c1-5-10(8-13-3)11-7-6-9(2)14(4)12/h9-11H,5-8H2,1-4H3. The zero-order valence-electron chi connectivity index (χ0n) is 9.71. The number of hydrogen-bond acceptors (Lipinski definition) is 3. The maximum atomic E-state index is 11.1. The van der Waals surface area contributed by atoms with Crippen LogP contribution in [0.15, 0.2) is 0 Å². The average molecular weight is 221 g/mol. The third kappa shape index (κ3) is 6.51. The predicted octanol–water partition coefficient (Wildman–Crippen LogP) is 1.16. The molecule has 0 aliphatic heterocycles. The maximum absolute atomic E-state index is 11.1. The Morgan fingerprint density at radius 3 is 2.57 bits per heavy atom. The van der Waals surface area contributed by atoms with E-state index in [1.165, 1.54) is 0 Å². The molecular weight excluding hydrogens is 198 g/mol. The Morgan fingerprint density at radius 1 is 1.50 bits per heavy atom. The summed E-state index contributed by atoms with van der Waals surface area (Å²) in [5.41, 5.74) is 0. The van der Waals surface area contributed by atoms with Crippen LogP contribution in [0.2, 0.25) is 0 Å². The molecular formula is C10H23NO2S. The zero-order chi connectivity index (χ0) is 11.0. The summed E-state index contributed by atoms with van der Waals surface area (Å²) in [7, 11) is 1.01. The highest BCUT2D eigenvalue weighted by molar-refractivity contribution is 7.84. The molecule has 14 heavy (non-hydrogen) atoms. The quantitative estimate of drug-likeness (QED) is 0.668. The number of rotatable bonds is 8. The molecule has 0 rings (SSSR count). The molecule has 3 unspecified atom stereocenters. The predicted molar refractivity (Wildman–Crippen MR) is 62.1 cm³/mol. The zero-order valence-corrected chi connectivity index (χ0v) is 10.5. The van der Waals surface area contributed by atoms with Gasteiger partial charge < -0.3 is 10.1 Å². The molecule has 0 radical (unpaired) electrons. The molecule has 0 aliphatic carbocycles. The van der Waals surface area contributed by atoms with E-state index in [9.17, 15) is 4.21 Å². The van der Waals surface area contributed by atoms with Gasteiger partial charge in [0, 0.05) is 35.5 Å². The van der Waals surface area contributed by atoms with Crippen molar-refractivity contribution in [3.63, 3.8) is 0 Å². The van der Waals surface area contributed by atoms with E-state index in [2.05, 4.69) is 12.2 Å². The fourth-order valence-electron chi connectivity index (χ4n) is 1.18. The second-order valence-electron chi connectivity index (χ2n) is 3.61. The van der Waals surface area contributed by atoms with Crippen LogP contribution in [0.25, 0.3) is 0 Å². The van der Waals surface area contributed by atoms with Crippen molar-refractivity contribution < 1.29 is 8.95 Å². The smallest absolute Gasteiger partial charge is 0.0615 e. The minimum Gasteiger partial charge on any atom is -0.383 e. The molecule has 0 saturated carbocycles. The second kappa shape index (κ2) is 8.38. The van der Waals surface area contributed by atoms with Crippen LogP contribution in [0.5, 0.6) is 0 Å². The summed E-state index contributed by atoms with van der Waals surface area (Å²) in [6, 6.07) is 0.428. The molecule has 0 aromatic carbocycles. The molecule has 0 aromatic rings. The van der Waals surface area contributed by atoms with Crippen LogP contribution >= 0.6 is 0 Å². The highest BCUT2D eigenvalue weighted by Crippen LogP contribution is 1.99. The fourth-order valence-corrected chi connectivity index (χ4v) is 1.63. The van der Waals surface area contributed by atoms with Crippen molar-refractivity contribution in [3.8, 4) is 0 Å². The van der Waals surface area contributed by atoms with Crippen molar-refractivity contribution >= 4 is 10.8 Å². The van der Waals surface area contributed by atoms with Crippen LogP contribution in [0.1, 0.15) is 26.7 Å². The third-order valence-corrected chi connectivity index (χ3v) is 3.78. The van der Waals surface area contributed by atoms with Crippen LogP contribution in [0.3, 0.4) is 0 Å². The summed E-state index contributed by atoms with van der Waals surface area (Å²) in [6.07, 6.45) is 3.79. The second-order valence-corrected chi connectivity index (χ2v) is 5.41. The van der Waals surface area contributed by atoms with Gasteiger partial charge in [-0.25, -0.2) is 0 Å². The van der Waals surface area contributed by atoms with Crippen LogP contribution < -0.4 is 5.32 Å². The molecule has 3 atom stereocenters. The van der Waals surface area contributed by atoms with Gasteiger partial charge in [0.2, 0.25) is 0 Å². The van der Waals surface area contributed by atoms with Gasteiger partial charge in [0.15, 0.2) is 0 Å². The third-order valence-electron chi connectivity index (χ3n) is 2.41. The van der Waals surface area contributed by atoms with E-state index in [0.29, 0.717) is 6.04 Å². The number of nitrogens with one attached hydrogen (secondary N) is 1. The van der Waals surface area contributed by atoms with Gasteiger partial charge in [-0.1, -0.05) is 13.8 Å². The summed E-state index contributed by atoms with van der Waals surface area (Å²) < 4.78 is 16.2. The molecule has 0 spiro atoms. The minimum atomic E-state index is -0.702. The SMILES string of the molecule is CCC(COC)NCCC(C)S(C)=O. The van der Waals surface area contributed by atoms with Crippen molar-refractivity contribution in [1.82, 2.24) is 5.32 Å². The molecule has 0 aliphatic rings. The molecule has 1 N–H and O–H groups in total. The van der Waals surface area contributed by atoms with E-state index >= 15 is 0 Å². The summed E-state index contributed by atoms with van der Waals surface area (Å²) >= 11 is 0. The lowest BCUT2D eigenvalue weighted by molar-refractivity contribution is 0.164. The van der Waals surface area contributed by atoms with Crippen molar-refractivity contribution in [2.24, 2.45) is 0 Å². The Hall–Kier alpha value is 0.0700. The lowest BCUT2D eigenvalue weighted by atomic mass is 10.2. The normalized spacial score (nSPS) is 17.7. The topological polar surface area (TPSA) is 38.3 Å². The minimum absolute atomic E-state index is 0.280. The van der Waals surface area contributed by atoms with E-state index in [-0.39, 0.29) is 5.25 Å². The first-order valence-corrected chi connectivity index (χ1v) is 6.78. The van der Waals surface area contributed by atoms with Crippen LogP contribution in [-0.2, 0) is 15.5 Å². The molecule has 0 saturated heterocycles. The fraction of sp³-hybridized carbons (Fsp3) is 1.00. The van der Waals surface area contributed by atoms with Crippen LogP contribution in [-0.4, -0.2) is 42.0 Å². The largest absolute Gasteiger partial charge is 0.383 e. The Labute approximate surface area is 90.1 Å². The van der Waals surface area contributed by atoms with Crippen LogP contribution in [0.4, 0.5) is 0 Å². The summed E-state index contributed by atoms with van der Waals surface area (Å²) in [6.45, 7) is 5.83. The first-order valence-electron chi connectivity index (χ1n) is 5.16. The van der Waals surface area contributed by atoms with Gasteiger partial charge in [0.05, 0.1) is 6.61 Å². The number of methoxy groups -OCH3 is 1. The van der Waals surface area contributed by atoms with E-state index in [1.54, 1.807) is 13.4 Å². The van der Waals surface area contributed by atoms with Gasteiger partial charge in [-0.15, -0.1) is 0 Å². The molecule has 4 heteroatoms. The first kappa shape index (κ1) is 14.1. The highest BCUT2D eigenvalue weighted by Gasteiger charge is 2.08. The molecule has 0 bridgehead atoms. The first-order chi connectivity index (χ1) is 6.61. The van der Waals surface area contributed by atoms with Gasteiger partial charge in [-0.2, -0.15) is 0 Å². The van der Waals surface area contributed by atoms with E-state index < -0.39 is 10.8 Å². The van der Waals surface area contributed by atoms with Gasteiger partial charge in [0.1, 0.15) is 0 Å². The summed E-state index contributed by atoms with van der Waals surface area (Å²) in [5, 5.41) is 3.68. The molecule has 3 nitrogen and oxygen atoms in total. The molecule has 0 amide bonds. The van der Waals surface area contributed by atoms with Gasteiger partial charge in [-0.3, -0.25) is 4.21 Å². The summed E-state index contributed by atoms with van der Waals surface area (Å²) in [4.78, 5) is 0. The lowest BCUT2D eigenvalue weighted by Crippen LogP contribution is -2.34. The van der Waals surface area contributed by atoms with Crippen LogP contribution in [0, 0.1) is 0 Å². The van der Waals surface area contributed by atoms with Gasteiger partial charge in [0.25, 0.3) is 0 Å². The molecule has 0 aromatic heterocycles. The van der Waals surface area contributed by atoms with Crippen molar-refractivity contribution in [2.45, 2.75) is 38.0 Å². The monoisotopic (exact) mass is 221 g/mol. The summed E-state index contributed by atoms with van der Waals surface area (Å²) in [5.74, 6) is 0. The Bertz CT molecular complexity index is 164. The molecule has 0 heterocycles. The number of hydrogen-bond donors (Lipinski definition) is 1. The van der Waals surface area contributed by atoms with Crippen molar-refractivity contribution in [3.05, 3.63) is 0 Å². The highest BCUT2D eigenvalue weighted by atomic mass is 32.2. The molecule has 0 fully saturated rings. The Balaban J connectivity index is 3.55. The lowest BCUT2D eigenvalue weighted by Gasteiger charge is -2.17. The average Bonchev–Trinajstić information content (AvgIpc) is 2.16. The Morgan fingerprint density at radius 2 is 2.14 bits per heavy atom. The Kier molecular flexibility index (Phi) is 8.43. The molecule has 86 valence electrons. The van der Waals surface area contributed by atoms with E-state index in [1.807, 2.05) is 6.92 Å². The van der Waals surface area contributed by atoms with E-state index in [4.69, 9.17) is 4.74 Å².